The molecule has 10 heteroatoms. The minimum absolute atomic E-state index is 0.00538. The molecule has 1 unspecified atom stereocenters. The van der Waals surface area contributed by atoms with Gasteiger partial charge in [-0.05, 0) is 12.1 Å². The van der Waals surface area contributed by atoms with Crippen LogP contribution in [-0.2, 0) is 14.3 Å². The van der Waals surface area contributed by atoms with Crippen molar-refractivity contribution >= 4 is 35.0 Å². The van der Waals surface area contributed by atoms with Crippen LogP contribution >= 0.6 is 0 Å². The van der Waals surface area contributed by atoms with Crippen LogP contribution < -0.4 is 16.1 Å². The van der Waals surface area contributed by atoms with Gasteiger partial charge in [-0.2, -0.15) is 5.10 Å². The number of imidazole rings is 1. The smallest absolute Gasteiger partial charge is 0.358 e. The first-order chi connectivity index (χ1) is 12.5. The minimum Gasteiger partial charge on any atom is -0.464 e. The maximum Gasteiger partial charge on any atom is 0.358 e. The summed E-state index contributed by atoms with van der Waals surface area (Å²) in [6, 6.07) is 8.12. The molecular weight excluding hydrogens is 340 g/mol. The number of primary amides is 1. The Morgan fingerprint density at radius 3 is 2.69 bits per heavy atom. The van der Waals surface area contributed by atoms with Crippen LogP contribution in [0.2, 0.25) is 0 Å². The third kappa shape index (κ3) is 3.24. The number of hydrazone groups is 1. The van der Waals surface area contributed by atoms with Crippen molar-refractivity contribution in [2.45, 2.75) is 12.5 Å². The van der Waals surface area contributed by atoms with Crippen LogP contribution in [-0.4, -0.2) is 46.6 Å². The Hall–Kier alpha value is -3.69. The number of ether oxygens (including phenoxy) is 1. The number of hydrogen-bond donors (Lipinski definition) is 3. The molecule has 0 spiro atoms. The number of aromatic nitrogens is 2. The molecule has 0 saturated heterocycles. The molecule has 1 atom stereocenters. The first-order valence-corrected chi connectivity index (χ1v) is 7.65. The molecule has 2 aromatic rings. The Kier molecular flexibility index (Phi) is 4.65. The lowest BCUT2D eigenvalue weighted by molar-refractivity contribution is -0.119. The number of benzene rings is 1. The predicted octanol–water partition coefficient (Wildman–Crippen LogP) is 0.255. The zero-order valence-corrected chi connectivity index (χ0v) is 13.8. The number of nitrogens with one attached hydrogen (secondary N) is 2. The summed E-state index contributed by atoms with van der Waals surface area (Å²) in [5, 5.41) is 8.11. The summed E-state index contributed by atoms with van der Waals surface area (Å²) in [6.45, 7) is 0. The zero-order valence-electron chi connectivity index (χ0n) is 13.8. The third-order valence-electron chi connectivity index (χ3n) is 3.78. The average molecular weight is 356 g/mol. The van der Waals surface area contributed by atoms with Gasteiger partial charge in [-0.3, -0.25) is 14.6 Å². The zero-order chi connectivity index (χ0) is 18.7. The molecule has 10 nitrogen and oxygen atoms in total. The van der Waals surface area contributed by atoms with Gasteiger partial charge in [0.15, 0.2) is 11.5 Å². The third-order valence-corrected chi connectivity index (χ3v) is 3.78. The first-order valence-electron chi connectivity index (χ1n) is 7.65. The van der Waals surface area contributed by atoms with Crippen molar-refractivity contribution < 1.29 is 19.1 Å². The topological polar surface area (TPSA) is 143 Å². The maximum absolute atomic E-state index is 12.5. The van der Waals surface area contributed by atoms with E-state index in [1.165, 1.54) is 18.4 Å². The van der Waals surface area contributed by atoms with Gasteiger partial charge in [0.05, 0.1) is 19.1 Å². The molecular formula is C16H16N6O4. The number of anilines is 2. The molecule has 2 amide bonds. The Morgan fingerprint density at radius 2 is 2.04 bits per heavy atom. The molecule has 0 fully saturated rings. The van der Waals surface area contributed by atoms with Crippen molar-refractivity contribution in [2.24, 2.45) is 10.8 Å². The Labute approximate surface area is 148 Å². The molecule has 1 aromatic carbocycles. The van der Waals surface area contributed by atoms with Crippen LogP contribution in [0.1, 0.15) is 16.9 Å². The molecule has 0 radical (unpaired) electrons. The number of esters is 1. The van der Waals surface area contributed by atoms with Gasteiger partial charge >= 0.3 is 5.97 Å². The largest absolute Gasteiger partial charge is 0.464 e. The summed E-state index contributed by atoms with van der Waals surface area (Å²) in [7, 11) is 1.21. The number of hydrogen-bond acceptors (Lipinski definition) is 7. The highest BCUT2D eigenvalue weighted by molar-refractivity contribution is 6.44. The van der Waals surface area contributed by atoms with Gasteiger partial charge in [0.25, 0.3) is 5.91 Å². The van der Waals surface area contributed by atoms with Crippen LogP contribution in [0, 0.1) is 0 Å². The lowest BCUT2D eigenvalue weighted by Crippen LogP contribution is -2.39. The molecule has 4 N–H and O–H groups in total. The number of nitrogens with two attached hydrogens (primary N) is 1. The van der Waals surface area contributed by atoms with E-state index in [2.05, 4.69) is 25.1 Å². The number of rotatable bonds is 5. The molecule has 2 heterocycles. The van der Waals surface area contributed by atoms with Gasteiger partial charge in [0, 0.05) is 6.42 Å². The van der Waals surface area contributed by atoms with E-state index in [4.69, 9.17) is 5.73 Å². The van der Waals surface area contributed by atoms with Gasteiger partial charge in [0.2, 0.25) is 5.91 Å². The second-order valence-corrected chi connectivity index (χ2v) is 5.42. The number of para-hydroxylation sites is 1. The van der Waals surface area contributed by atoms with Gasteiger partial charge in [-0.25, -0.2) is 9.78 Å². The van der Waals surface area contributed by atoms with E-state index in [0.717, 1.165) is 0 Å². The van der Waals surface area contributed by atoms with Gasteiger partial charge in [-0.15, -0.1) is 0 Å². The van der Waals surface area contributed by atoms with Crippen LogP contribution in [0.15, 0.2) is 41.8 Å². The number of amides is 2. The molecule has 1 aromatic heterocycles. The standard InChI is InChI=1S/C16H16N6O4/c1-26-16(25)12-14(19-8-18-12)20-15(24)10-7-11(13(17)23)22(21-10)9-5-3-2-4-6-9/h2-6,8,11H,7H2,1H3,(H2,17,23)(H,18,19)(H,20,24). The summed E-state index contributed by atoms with van der Waals surface area (Å²) in [5.74, 6) is -1.85. The number of H-pyrrole nitrogens is 1. The Morgan fingerprint density at radius 1 is 1.31 bits per heavy atom. The predicted molar refractivity (Wildman–Crippen MR) is 92.5 cm³/mol. The van der Waals surface area contributed by atoms with E-state index in [1.54, 1.807) is 24.3 Å². The fourth-order valence-electron chi connectivity index (χ4n) is 2.51. The highest BCUT2D eigenvalue weighted by Crippen LogP contribution is 2.24. The molecule has 0 aliphatic carbocycles. The molecule has 3 rings (SSSR count). The summed E-state index contributed by atoms with van der Waals surface area (Å²) in [6.07, 6.45) is 1.29. The van der Waals surface area contributed by atoms with Gasteiger partial charge < -0.3 is 20.8 Å². The summed E-state index contributed by atoms with van der Waals surface area (Å²) >= 11 is 0. The average Bonchev–Trinajstić information content (AvgIpc) is 3.29. The number of aromatic amines is 1. The number of nitrogens with zero attached hydrogens (tertiary/aromatic N) is 3. The number of carbonyl (C=O) groups excluding carboxylic acids is 3. The van der Waals surface area contributed by atoms with Crippen molar-refractivity contribution in [2.75, 3.05) is 17.4 Å². The van der Waals surface area contributed by atoms with E-state index in [9.17, 15) is 14.4 Å². The van der Waals surface area contributed by atoms with Crippen molar-refractivity contribution in [1.82, 2.24) is 9.97 Å². The van der Waals surface area contributed by atoms with E-state index in [1.807, 2.05) is 6.07 Å². The normalized spacial score (nSPS) is 16.1. The lowest BCUT2D eigenvalue weighted by Gasteiger charge is -2.20. The SMILES string of the molecule is COC(=O)c1[nH]cnc1NC(=O)C1=NN(c2ccccc2)C(C(N)=O)C1. The summed E-state index contributed by atoms with van der Waals surface area (Å²) < 4.78 is 4.60. The van der Waals surface area contributed by atoms with Gasteiger partial charge in [-0.1, -0.05) is 18.2 Å². The summed E-state index contributed by atoms with van der Waals surface area (Å²) in [5.41, 5.74) is 6.17. The number of carbonyl (C=O) groups is 3. The second-order valence-electron chi connectivity index (χ2n) is 5.42. The molecule has 0 saturated carbocycles. The van der Waals surface area contributed by atoms with Crippen molar-refractivity contribution in [1.29, 1.82) is 0 Å². The van der Waals surface area contributed by atoms with Crippen LogP contribution in [0.3, 0.4) is 0 Å². The van der Waals surface area contributed by atoms with E-state index >= 15 is 0 Å². The second kappa shape index (κ2) is 7.05. The molecule has 1 aliphatic rings. The summed E-state index contributed by atoms with van der Waals surface area (Å²) in [4.78, 5) is 42.3. The van der Waals surface area contributed by atoms with Gasteiger partial charge in [0.1, 0.15) is 11.8 Å². The fraction of sp³-hybridized carbons (Fsp3) is 0.188. The van der Waals surface area contributed by atoms with Crippen molar-refractivity contribution in [3.05, 3.63) is 42.4 Å². The fourth-order valence-corrected chi connectivity index (χ4v) is 2.51. The van der Waals surface area contributed by atoms with Crippen LogP contribution in [0.4, 0.5) is 11.5 Å². The lowest BCUT2D eigenvalue weighted by atomic mass is 10.1. The van der Waals surface area contributed by atoms with Crippen molar-refractivity contribution in [3.63, 3.8) is 0 Å². The number of methoxy groups -OCH3 is 1. The Bertz CT molecular complexity index is 876. The maximum atomic E-state index is 12.5. The molecule has 0 bridgehead atoms. The highest BCUT2D eigenvalue weighted by atomic mass is 16.5. The van der Waals surface area contributed by atoms with Crippen LogP contribution in [0.5, 0.6) is 0 Å². The Balaban J connectivity index is 1.83. The highest BCUT2D eigenvalue weighted by Gasteiger charge is 2.35. The molecule has 1 aliphatic heterocycles. The van der Waals surface area contributed by atoms with E-state index < -0.39 is 23.8 Å². The van der Waals surface area contributed by atoms with E-state index in [-0.39, 0.29) is 23.6 Å². The van der Waals surface area contributed by atoms with Crippen LogP contribution in [0.25, 0.3) is 0 Å². The molecule has 26 heavy (non-hydrogen) atoms. The quantitative estimate of drug-likeness (QED) is 0.656. The molecule has 134 valence electrons. The minimum atomic E-state index is -0.780. The van der Waals surface area contributed by atoms with Crippen molar-refractivity contribution in [3.8, 4) is 0 Å². The first kappa shape index (κ1) is 17.1. The monoisotopic (exact) mass is 356 g/mol. The van der Waals surface area contributed by atoms with E-state index in [0.29, 0.717) is 5.69 Å².